The molecule has 0 saturated heterocycles. The van der Waals surface area contributed by atoms with Crippen molar-refractivity contribution in [2.45, 2.75) is 19.4 Å². The Bertz CT molecular complexity index is 343. The number of benzene rings is 1. The SMILES string of the molecule is CCOC(=O)/C=C/[C@H](O)Cc1ccccc1. The van der Waals surface area contributed by atoms with E-state index in [0.29, 0.717) is 13.0 Å². The Hall–Kier alpha value is -1.61. The van der Waals surface area contributed by atoms with Crippen LogP contribution in [-0.4, -0.2) is 23.8 Å². The van der Waals surface area contributed by atoms with Crippen LogP contribution >= 0.6 is 0 Å². The number of carbonyl (C=O) groups excluding carboxylic acids is 1. The molecule has 0 fully saturated rings. The minimum Gasteiger partial charge on any atom is -0.463 e. The molecule has 0 bridgehead atoms. The van der Waals surface area contributed by atoms with E-state index in [1.54, 1.807) is 6.92 Å². The van der Waals surface area contributed by atoms with E-state index in [9.17, 15) is 9.90 Å². The third-order valence-corrected chi connectivity index (χ3v) is 2.03. The van der Waals surface area contributed by atoms with Crippen molar-refractivity contribution in [2.75, 3.05) is 6.61 Å². The van der Waals surface area contributed by atoms with E-state index in [2.05, 4.69) is 0 Å². The molecule has 0 aliphatic rings. The predicted molar refractivity (Wildman–Crippen MR) is 61.9 cm³/mol. The Morgan fingerprint density at radius 1 is 1.44 bits per heavy atom. The number of aliphatic hydroxyl groups is 1. The molecule has 0 heterocycles. The highest BCUT2D eigenvalue weighted by Gasteiger charge is 2.02. The lowest BCUT2D eigenvalue weighted by atomic mass is 10.1. The van der Waals surface area contributed by atoms with Gasteiger partial charge in [-0.2, -0.15) is 0 Å². The Balaban J connectivity index is 2.41. The second-order valence-electron chi connectivity index (χ2n) is 3.37. The lowest BCUT2D eigenvalue weighted by Gasteiger charge is -2.05. The van der Waals surface area contributed by atoms with Crippen LogP contribution < -0.4 is 0 Å². The van der Waals surface area contributed by atoms with Gasteiger partial charge < -0.3 is 9.84 Å². The minimum absolute atomic E-state index is 0.345. The first-order valence-corrected chi connectivity index (χ1v) is 5.29. The van der Waals surface area contributed by atoms with Gasteiger partial charge in [0.2, 0.25) is 0 Å². The molecule has 0 aliphatic carbocycles. The molecule has 0 aromatic heterocycles. The van der Waals surface area contributed by atoms with Crippen LogP contribution in [0.2, 0.25) is 0 Å². The van der Waals surface area contributed by atoms with Crippen molar-refractivity contribution in [1.29, 1.82) is 0 Å². The van der Waals surface area contributed by atoms with Crippen molar-refractivity contribution in [3.63, 3.8) is 0 Å². The summed E-state index contributed by atoms with van der Waals surface area (Å²) < 4.78 is 4.71. The number of rotatable bonds is 5. The van der Waals surface area contributed by atoms with E-state index >= 15 is 0 Å². The summed E-state index contributed by atoms with van der Waals surface area (Å²) in [5, 5.41) is 9.63. The van der Waals surface area contributed by atoms with Crippen LogP contribution in [0.1, 0.15) is 12.5 Å². The van der Waals surface area contributed by atoms with Gasteiger partial charge in [-0.05, 0) is 18.6 Å². The largest absolute Gasteiger partial charge is 0.463 e. The second-order valence-corrected chi connectivity index (χ2v) is 3.37. The highest BCUT2D eigenvalue weighted by molar-refractivity contribution is 5.81. The van der Waals surface area contributed by atoms with Crippen molar-refractivity contribution in [3.8, 4) is 0 Å². The number of esters is 1. The Kier molecular flexibility index (Phi) is 5.29. The van der Waals surface area contributed by atoms with E-state index in [4.69, 9.17) is 4.74 Å². The molecule has 16 heavy (non-hydrogen) atoms. The molecule has 1 N–H and O–H groups in total. The van der Waals surface area contributed by atoms with Gasteiger partial charge in [0.15, 0.2) is 0 Å². The third-order valence-electron chi connectivity index (χ3n) is 2.03. The zero-order chi connectivity index (χ0) is 11.8. The van der Waals surface area contributed by atoms with Crippen LogP contribution in [-0.2, 0) is 16.0 Å². The normalized spacial score (nSPS) is 12.6. The van der Waals surface area contributed by atoms with Crippen molar-refractivity contribution in [3.05, 3.63) is 48.0 Å². The Morgan fingerprint density at radius 2 is 2.12 bits per heavy atom. The van der Waals surface area contributed by atoms with Gasteiger partial charge in [0.1, 0.15) is 0 Å². The van der Waals surface area contributed by atoms with Gasteiger partial charge in [0.25, 0.3) is 0 Å². The summed E-state index contributed by atoms with van der Waals surface area (Å²) in [5.41, 5.74) is 1.03. The van der Waals surface area contributed by atoms with Crippen molar-refractivity contribution >= 4 is 5.97 Å². The number of ether oxygens (including phenoxy) is 1. The predicted octanol–water partition coefficient (Wildman–Crippen LogP) is 1.71. The van der Waals surface area contributed by atoms with Gasteiger partial charge in [-0.15, -0.1) is 0 Å². The molecule has 86 valence electrons. The summed E-state index contributed by atoms with van der Waals surface area (Å²) in [6, 6.07) is 9.61. The number of aliphatic hydroxyl groups excluding tert-OH is 1. The highest BCUT2D eigenvalue weighted by atomic mass is 16.5. The first-order chi connectivity index (χ1) is 7.72. The van der Waals surface area contributed by atoms with Crippen LogP contribution in [0.15, 0.2) is 42.5 Å². The fraction of sp³-hybridized carbons (Fsp3) is 0.308. The molecule has 1 aromatic rings. The van der Waals surface area contributed by atoms with E-state index in [1.165, 1.54) is 12.2 Å². The number of hydrogen-bond donors (Lipinski definition) is 1. The summed E-state index contributed by atoms with van der Waals surface area (Å²) in [6.07, 6.45) is 2.55. The van der Waals surface area contributed by atoms with Crippen LogP contribution in [0.5, 0.6) is 0 Å². The first kappa shape index (κ1) is 12.5. The van der Waals surface area contributed by atoms with Gasteiger partial charge >= 0.3 is 5.97 Å². The summed E-state index contributed by atoms with van der Waals surface area (Å²) in [5.74, 6) is -0.422. The molecule has 1 atom stereocenters. The van der Waals surface area contributed by atoms with E-state index in [0.717, 1.165) is 5.56 Å². The van der Waals surface area contributed by atoms with Crippen LogP contribution in [0.3, 0.4) is 0 Å². The molecule has 3 nitrogen and oxygen atoms in total. The zero-order valence-corrected chi connectivity index (χ0v) is 9.30. The van der Waals surface area contributed by atoms with Crippen molar-refractivity contribution in [1.82, 2.24) is 0 Å². The minimum atomic E-state index is -0.660. The molecular formula is C13H16O3. The molecule has 0 saturated carbocycles. The lowest BCUT2D eigenvalue weighted by Crippen LogP contribution is -2.08. The topological polar surface area (TPSA) is 46.5 Å². The third kappa shape index (κ3) is 4.75. The van der Waals surface area contributed by atoms with Gasteiger partial charge in [-0.3, -0.25) is 0 Å². The summed E-state index contributed by atoms with van der Waals surface area (Å²) in [4.78, 5) is 11.0. The van der Waals surface area contributed by atoms with Gasteiger partial charge in [-0.1, -0.05) is 30.3 Å². The smallest absolute Gasteiger partial charge is 0.330 e. The van der Waals surface area contributed by atoms with Crippen molar-refractivity contribution in [2.24, 2.45) is 0 Å². The van der Waals surface area contributed by atoms with Crippen molar-refractivity contribution < 1.29 is 14.6 Å². The number of hydrogen-bond acceptors (Lipinski definition) is 3. The average molecular weight is 220 g/mol. The first-order valence-electron chi connectivity index (χ1n) is 5.29. The molecule has 1 rings (SSSR count). The lowest BCUT2D eigenvalue weighted by molar-refractivity contribution is -0.137. The van der Waals surface area contributed by atoms with Gasteiger partial charge in [0.05, 0.1) is 12.7 Å². The van der Waals surface area contributed by atoms with Crippen LogP contribution in [0.4, 0.5) is 0 Å². The maximum absolute atomic E-state index is 11.0. The van der Waals surface area contributed by atoms with E-state index < -0.39 is 12.1 Å². The molecule has 0 amide bonds. The number of carbonyl (C=O) groups is 1. The molecule has 0 radical (unpaired) electrons. The molecule has 0 aliphatic heterocycles. The summed E-state index contributed by atoms with van der Waals surface area (Å²) in [7, 11) is 0. The molecule has 1 aromatic carbocycles. The molecule has 3 heteroatoms. The van der Waals surface area contributed by atoms with Gasteiger partial charge in [-0.25, -0.2) is 4.79 Å². The molecule has 0 spiro atoms. The Morgan fingerprint density at radius 3 is 2.75 bits per heavy atom. The fourth-order valence-electron chi connectivity index (χ4n) is 1.30. The standard InChI is InChI=1S/C13H16O3/c1-2-16-13(15)9-8-12(14)10-11-6-4-3-5-7-11/h3-9,12,14H,2,10H2,1H3/b9-8+/t12-/m0/s1. The zero-order valence-electron chi connectivity index (χ0n) is 9.30. The Labute approximate surface area is 95.4 Å². The summed E-state index contributed by atoms with van der Waals surface area (Å²) >= 11 is 0. The average Bonchev–Trinajstić information content (AvgIpc) is 2.28. The molecular weight excluding hydrogens is 204 g/mol. The van der Waals surface area contributed by atoms with E-state index in [-0.39, 0.29) is 0 Å². The highest BCUT2D eigenvalue weighted by Crippen LogP contribution is 2.03. The van der Waals surface area contributed by atoms with E-state index in [1.807, 2.05) is 30.3 Å². The monoisotopic (exact) mass is 220 g/mol. The van der Waals surface area contributed by atoms with Gasteiger partial charge in [0, 0.05) is 12.5 Å². The maximum atomic E-state index is 11.0. The van der Waals surface area contributed by atoms with Crippen LogP contribution in [0.25, 0.3) is 0 Å². The maximum Gasteiger partial charge on any atom is 0.330 e. The summed E-state index contributed by atoms with van der Waals surface area (Å²) in [6.45, 7) is 2.09. The van der Waals surface area contributed by atoms with Crippen LogP contribution in [0, 0.1) is 0 Å². The quantitative estimate of drug-likeness (QED) is 0.607. The second kappa shape index (κ2) is 6.80. The fourth-order valence-corrected chi connectivity index (χ4v) is 1.30. The molecule has 0 unspecified atom stereocenters.